The zero-order chi connectivity index (χ0) is 30.6. The van der Waals surface area contributed by atoms with E-state index in [1.807, 2.05) is 121 Å². The number of oxime groups is 1. The van der Waals surface area contributed by atoms with Crippen LogP contribution in [0.4, 0.5) is 4.39 Å². The predicted octanol–water partition coefficient (Wildman–Crippen LogP) is 6.96. The van der Waals surface area contributed by atoms with E-state index < -0.39 is 25.6 Å². The molecule has 8 rings (SSSR count). The largest absolute Gasteiger partial charge is 0.391 e. The summed E-state index contributed by atoms with van der Waals surface area (Å²) in [6.07, 6.45) is 0.412. The number of hydrogen-bond acceptors (Lipinski definition) is 4. The maximum absolute atomic E-state index is 16.4. The lowest BCUT2D eigenvalue weighted by molar-refractivity contribution is 0.0293. The Kier molecular flexibility index (Phi) is 7.01. The normalized spacial score (nSPS) is 25.4. The molecule has 0 saturated heterocycles. The highest BCUT2D eigenvalue weighted by Crippen LogP contribution is 2.73. The minimum atomic E-state index is -3.43. The quantitative estimate of drug-likeness (QED) is 0.183. The third-order valence-electron chi connectivity index (χ3n) is 10.1. The summed E-state index contributed by atoms with van der Waals surface area (Å²) in [6, 6.07) is 45.3. The Morgan fingerprint density at radius 3 is 1.38 bits per heavy atom. The summed E-state index contributed by atoms with van der Waals surface area (Å²) >= 11 is 0. The molecule has 45 heavy (non-hydrogen) atoms. The molecule has 7 heteroatoms. The summed E-state index contributed by atoms with van der Waals surface area (Å²) in [7, 11) is -6.83. The first kappa shape index (κ1) is 28.4. The fraction of sp³-hybridized carbons (Fsp3) is 0.184. The molecule has 0 N–H and O–H groups in total. The summed E-state index contributed by atoms with van der Waals surface area (Å²) in [4.78, 5) is 6.26. The van der Waals surface area contributed by atoms with Crippen molar-refractivity contribution in [2.45, 2.75) is 23.8 Å². The van der Waals surface area contributed by atoms with E-state index in [1.54, 1.807) is 12.1 Å². The second-order valence-corrected chi connectivity index (χ2v) is 18.2. The van der Waals surface area contributed by atoms with E-state index in [1.165, 1.54) is 12.1 Å². The molecular weight excluding hydrogens is 599 g/mol. The number of benzene rings is 5. The van der Waals surface area contributed by atoms with Crippen LogP contribution in [0.1, 0.15) is 12.0 Å². The molecule has 0 radical (unpaired) electrons. The maximum atomic E-state index is 16.4. The predicted molar refractivity (Wildman–Crippen MR) is 180 cm³/mol. The molecule has 0 unspecified atom stereocenters. The molecule has 2 aliphatic carbocycles. The molecule has 6 atom stereocenters. The zero-order valence-electron chi connectivity index (χ0n) is 24.5. The van der Waals surface area contributed by atoms with Crippen LogP contribution in [0.3, 0.4) is 0 Å². The highest BCUT2D eigenvalue weighted by molar-refractivity contribution is 7.83. The molecule has 1 heterocycles. The Bertz CT molecular complexity index is 1870. The molecular formula is C38H32FNO3P2. The molecule has 3 aliphatic rings. The standard InChI is InChI=1S/C38H32FNO3P2/c39-27-23-21-26(22-24-27)35-34-32-25-33(36(34)43-40-35)38(45(42,30-17-9-3-10-18-30)31-19-11-4-12-20-31)37(32)44(41,28-13-5-1-6-14-28)29-15-7-2-8-16-29/h1-24,32-34,36-38H,25H2/t32-,33+,34-,36+,37+,38-/m0/s1. The van der Waals surface area contributed by atoms with Crippen molar-refractivity contribution in [3.63, 3.8) is 0 Å². The lowest BCUT2D eigenvalue weighted by atomic mass is 9.80. The van der Waals surface area contributed by atoms with Gasteiger partial charge in [-0.25, -0.2) is 4.39 Å². The van der Waals surface area contributed by atoms with E-state index in [9.17, 15) is 4.39 Å². The van der Waals surface area contributed by atoms with Crippen molar-refractivity contribution in [3.8, 4) is 0 Å². The van der Waals surface area contributed by atoms with Crippen LogP contribution in [0, 0.1) is 23.6 Å². The summed E-state index contributed by atoms with van der Waals surface area (Å²) in [6.45, 7) is 0. The highest BCUT2D eigenvalue weighted by Gasteiger charge is 2.70. The monoisotopic (exact) mass is 631 g/mol. The molecule has 2 saturated carbocycles. The summed E-state index contributed by atoms with van der Waals surface area (Å²) in [5.41, 5.74) is 0.655. The molecule has 224 valence electrons. The average molecular weight is 632 g/mol. The fourth-order valence-electron chi connectivity index (χ4n) is 8.40. The average Bonchev–Trinajstić information content (AvgIpc) is 3.82. The zero-order valence-corrected chi connectivity index (χ0v) is 26.3. The van der Waals surface area contributed by atoms with Gasteiger partial charge in [0.15, 0.2) is 0 Å². The molecule has 2 bridgehead atoms. The first-order valence-corrected chi connectivity index (χ1v) is 19.0. The van der Waals surface area contributed by atoms with Gasteiger partial charge in [-0.15, -0.1) is 0 Å². The van der Waals surface area contributed by atoms with Gasteiger partial charge in [0.1, 0.15) is 26.2 Å². The van der Waals surface area contributed by atoms with Gasteiger partial charge in [0.2, 0.25) is 0 Å². The Morgan fingerprint density at radius 1 is 0.556 bits per heavy atom. The van der Waals surface area contributed by atoms with Crippen molar-refractivity contribution >= 4 is 41.2 Å². The Morgan fingerprint density at radius 2 is 0.956 bits per heavy atom. The topological polar surface area (TPSA) is 55.7 Å². The smallest absolute Gasteiger partial charge is 0.147 e. The van der Waals surface area contributed by atoms with E-state index in [2.05, 4.69) is 5.16 Å². The van der Waals surface area contributed by atoms with Gasteiger partial charge in [-0.2, -0.15) is 0 Å². The molecule has 0 aromatic heterocycles. The number of fused-ring (bicyclic) bond motifs is 5. The lowest BCUT2D eigenvalue weighted by Crippen LogP contribution is -2.50. The van der Waals surface area contributed by atoms with Gasteiger partial charge in [-0.05, 0) is 30.0 Å². The number of rotatable bonds is 7. The van der Waals surface area contributed by atoms with E-state index in [0.717, 1.165) is 38.9 Å². The van der Waals surface area contributed by atoms with Gasteiger partial charge in [0, 0.05) is 44.4 Å². The Hall–Kier alpha value is -4.04. The minimum Gasteiger partial charge on any atom is -0.391 e. The molecule has 4 nitrogen and oxygen atoms in total. The van der Waals surface area contributed by atoms with Gasteiger partial charge < -0.3 is 14.0 Å². The number of halogens is 1. The van der Waals surface area contributed by atoms with Crippen molar-refractivity contribution in [2.24, 2.45) is 22.9 Å². The van der Waals surface area contributed by atoms with Crippen LogP contribution < -0.4 is 21.2 Å². The van der Waals surface area contributed by atoms with Crippen LogP contribution in [0.5, 0.6) is 0 Å². The third-order valence-corrected chi connectivity index (χ3v) is 17.7. The summed E-state index contributed by atoms with van der Waals surface area (Å²) in [5.74, 6) is -0.741. The first-order valence-electron chi connectivity index (χ1n) is 15.4. The van der Waals surface area contributed by atoms with Crippen LogP contribution in [-0.4, -0.2) is 23.1 Å². The van der Waals surface area contributed by atoms with Crippen LogP contribution in [-0.2, 0) is 14.0 Å². The number of nitrogens with zero attached hydrogens (tertiary/aromatic N) is 1. The van der Waals surface area contributed by atoms with Crippen LogP contribution in [0.25, 0.3) is 0 Å². The van der Waals surface area contributed by atoms with Crippen molar-refractivity contribution < 1.29 is 18.4 Å². The molecule has 5 aromatic rings. The lowest BCUT2D eigenvalue weighted by Gasteiger charge is -2.44. The van der Waals surface area contributed by atoms with Crippen molar-refractivity contribution in [1.29, 1.82) is 0 Å². The molecule has 2 fully saturated rings. The first-order chi connectivity index (χ1) is 22.0. The van der Waals surface area contributed by atoms with Crippen molar-refractivity contribution in [3.05, 3.63) is 157 Å². The van der Waals surface area contributed by atoms with Crippen molar-refractivity contribution in [2.75, 3.05) is 0 Å². The maximum Gasteiger partial charge on any atom is 0.147 e. The van der Waals surface area contributed by atoms with Gasteiger partial charge in [0.05, 0.1) is 5.71 Å². The second kappa shape index (κ2) is 11.1. The van der Waals surface area contributed by atoms with Gasteiger partial charge in [0.25, 0.3) is 0 Å². The Balaban J connectivity index is 1.38. The molecule has 0 spiro atoms. The minimum absolute atomic E-state index is 0.122. The second-order valence-electron chi connectivity index (χ2n) is 12.3. The van der Waals surface area contributed by atoms with Crippen molar-refractivity contribution in [1.82, 2.24) is 0 Å². The molecule has 5 aromatic carbocycles. The van der Waals surface area contributed by atoms with Crippen LogP contribution in [0.2, 0.25) is 0 Å². The fourth-order valence-corrected chi connectivity index (χ4v) is 16.9. The SMILES string of the molecule is O=P(c1ccccc1)(c1ccccc1)[C@@H]1[C@H]2C[C@H]([C@H]3ON=C(c4ccc(F)cc4)[C@H]23)[C@@H]1P(=O)(c1ccccc1)c1ccccc1. The van der Waals surface area contributed by atoms with Gasteiger partial charge in [-0.3, -0.25) is 0 Å². The van der Waals surface area contributed by atoms with Crippen LogP contribution >= 0.6 is 14.3 Å². The summed E-state index contributed by atoms with van der Waals surface area (Å²) in [5, 5.41) is 7.66. The molecule has 1 aliphatic heterocycles. The van der Waals surface area contributed by atoms with Crippen LogP contribution in [0.15, 0.2) is 151 Å². The van der Waals surface area contributed by atoms with E-state index in [0.29, 0.717) is 0 Å². The summed E-state index contributed by atoms with van der Waals surface area (Å²) < 4.78 is 46.6. The van der Waals surface area contributed by atoms with E-state index in [4.69, 9.17) is 4.84 Å². The van der Waals surface area contributed by atoms with E-state index >= 15 is 9.13 Å². The Labute approximate surface area is 262 Å². The molecule has 0 amide bonds. The van der Waals surface area contributed by atoms with E-state index in [-0.39, 0.29) is 29.7 Å². The number of hydrogen-bond donors (Lipinski definition) is 0. The highest BCUT2D eigenvalue weighted by atomic mass is 31.2. The third kappa shape index (κ3) is 4.36. The van der Waals surface area contributed by atoms with Gasteiger partial charge in [-0.1, -0.05) is 139 Å². The van der Waals surface area contributed by atoms with Gasteiger partial charge >= 0.3 is 0 Å².